The van der Waals surface area contributed by atoms with Crippen LogP contribution >= 0.6 is 0 Å². The van der Waals surface area contributed by atoms with Gasteiger partial charge in [-0.15, -0.1) is 0 Å². The van der Waals surface area contributed by atoms with Gasteiger partial charge in [0.25, 0.3) is 0 Å². The van der Waals surface area contributed by atoms with Crippen molar-refractivity contribution in [3.05, 3.63) is 35.6 Å². The van der Waals surface area contributed by atoms with Crippen molar-refractivity contribution in [1.82, 2.24) is 4.90 Å². The minimum atomic E-state index is -0.191. The Morgan fingerprint density at radius 3 is 2.75 bits per heavy atom. The van der Waals surface area contributed by atoms with E-state index in [0.717, 1.165) is 25.1 Å². The van der Waals surface area contributed by atoms with Crippen LogP contribution in [0.25, 0.3) is 0 Å². The zero-order valence-corrected chi connectivity index (χ0v) is 9.87. The number of hydrogen-bond acceptors (Lipinski definition) is 2. The average molecular weight is 223 g/mol. The molecule has 0 bridgehead atoms. The lowest BCUT2D eigenvalue weighted by Crippen LogP contribution is -2.23. The van der Waals surface area contributed by atoms with Gasteiger partial charge < -0.3 is 4.90 Å². The van der Waals surface area contributed by atoms with Crippen LogP contribution in [-0.2, 0) is 11.2 Å². The van der Waals surface area contributed by atoms with Gasteiger partial charge in [0.2, 0.25) is 0 Å². The third-order valence-corrected chi connectivity index (χ3v) is 2.52. The van der Waals surface area contributed by atoms with Crippen LogP contribution in [0, 0.1) is 5.82 Å². The molecule has 3 heteroatoms. The number of Topliss-reactive ketones (excluding diaryl/α,β-unsaturated/α-hetero) is 1. The first-order valence-corrected chi connectivity index (χ1v) is 5.50. The number of likely N-dealkylation sites (N-methyl/N-ethyl adjacent to an activating group) is 1. The van der Waals surface area contributed by atoms with Crippen molar-refractivity contribution < 1.29 is 9.18 Å². The monoisotopic (exact) mass is 223 g/mol. The van der Waals surface area contributed by atoms with E-state index in [1.807, 2.05) is 13.1 Å². The zero-order chi connectivity index (χ0) is 12.0. The largest absolute Gasteiger partial charge is 0.306 e. The molecule has 0 aromatic heterocycles. The molecule has 0 heterocycles. The normalized spacial score (nSPS) is 10.8. The van der Waals surface area contributed by atoms with Gasteiger partial charge in [0.15, 0.2) is 0 Å². The molecule has 0 radical (unpaired) electrons. The van der Waals surface area contributed by atoms with Gasteiger partial charge in [-0.05, 0) is 38.1 Å². The van der Waals surface area contributed by atoms with E-state index in [2.05, 4.69) is 4.90 Å². The number of benzene rings is 1. The quantitative estimate of drug-likeness (QED) is 0.737. The SMILES string of the molecule is CC(=O)CCN(C)CCc1cccc(F)c1. The maximum absolute atomic E-state index is 12.9. The molecule has 0 amide bonds. The van der Waals surface area contributed by atoms with Gasteiger partial charge in [-0.3, -0.25) is 4.79 Å². The molecule has 0 saturated heterocycles. The number of carbonyl (C=O) groups excluding carboxylic acids is 1. The lowest BCUT2D eigenvalue weighted by Gasteiger charge is -2.15. The Morgan fingerprint density at radius 2 is 2.12 bits per heavy atom. The Balaban J connectivity index is 2.31. The summed E-state index contributed by atoms with van der Waals surface area (Å²) in [4.78, 5) is 12.9. The molecule has 0 aliphatic heterocycles. The zero-order valence-electron chi connectivity index (χ0n) is 9.87. The highest BCUT2D eigenvalue weighted by Gasteiger charge is 2.01. The van der Waals surface area contributed by atoms with E-state index in [1.54, 1.807) is 19.1 Å². The molecule has 0 spiro atoms. The standard InChI is InChI=1S/C13H18FNO/c1-11(16)6-8-15(2)9-7-12-4-3-5-13(14)10-12/h3-5,10H,6-9H2,1-2H3. The van der Waals surface area contributed by atoms with Crippen LogP contribution in [0.5, 0.6) is 0 Å². The average Bonchev–Trinajstić information content (AvgIpc) is 2.23. The van der Waals surface area contributed by atoms with Gasteiger partial charge >= 0.3 is 0 Å². The maximum Gasteiger partial charge on any atom is 0.131 e. The highest BCUT2D eigenvalue weighted by atomic mass is 19.1. The van der Waals surface area contributed by atoms with Crippen molar-refractivity contribution in [3.8, 4) is 0 Å². The van der Waals surface area contributed by atoms with E-state index in [0.29, 0.717) is 6.42 Å². The van der Waals surface area contributed by atoms with Gasteiger partial charge in [0.05, 0.1) is 0 Å². The summed E-state index contributed by atoms with van der Waals surface area (Å²) in [5.41, 5.74) is 0.995. The summed E-state index contributed by atoms with van der Waals surface area (Å²) in [6.07, 6.45) is 1.39. The molecular formula is C13H18FNO. The topological polar surface area (TPSA) is 20.3 Å². The predicted octanol–water partition coefficient (Wildman–Crippen LogP) is 2.28. The number of rotatable bonds is 6. The van der Waals surface area contributed by atoms with Crippen LogP contribution < -0.4 is 0 Å². The van der Waals surface area contributed by atoms with Crippen LogP contribution in [0.3, 0.4) is 0 Å². The van der Waals surface area contributed by atoms with Crippen LogP contribution in [0.2, 0.25) is 0 Å². The van der Waals surface area contributed by atoms with Crippen LogP contribution in [-0.4, -0.2) is 30.8 Å². The van der Waals surface area contributed by atoms with Gasteiger partial charge in [0, 0.05) is 19.5 Å². The second-order valence-corrected chi connectivity index (χ2v) is 4.14. The Labute approximate surface area is 96.1 Å². The van der Waals surface area contributed by atoms with E-state index >= 15 is 0 Å². The lowest BCUT2D eigenvalue weighted by atomic mass is 10.1. The fraction of sp³-hybridized carbons (Fsp3) is 0.462. The summed E-state index contributed by atoms with van der Waals surface area (Å²) < 4.78 is 12.9. The Bertz CT molecular complexity index is 352. The van der Waals surface area contributed by atoms with Gasteiger partial charge in [-0.25, -0.2) is 4.39 Å². The second kappa shape index (κ2) is 6.38. The Hall–Kier alpha value is -1.22. The highest BCUT2D eigenvalue weighted by molar-refractivity contribution is 5.75. The summed E-state index contributed by atoms with van der Waals surface area (Å²) in [5.74, 6) is 0.0153. The second-order valence-electron chi connectivity index (χ2n) is 4.14. The molecule has 1 aromatic carbocycles. The summed E-state index contributed by atoms with van der Waals surface area (Å²) in [6, 6.07) is 6.64. The first-order valence-electron chi connectivity index (χ1n) is 5.50. The molecule has 88 valence electrons. The lowest BCUT2D eigenvalue weighted by molar-refractivity contribution is -0.117. The highest BCUT2D eigenvalue weighted by Crippen LogP contribution is 2.04. The van der Waals surface area contributed by atoms with Crippen molar-refractivity contribution in [2.45, 2.75) is 19.8 Å². The molecule has 1 aromatic rings. The predicted molar refractivity (Wildman–Crippen MR) is 62.9 cm³/mol. The number of carbonyl (C=O) groups is 1. The van der Waals surface area contributed by atoms with Gasteiger partial charge in [-0.2, -0.15) is 0 Å². The fourth-order valence-electron chi connectivity index (χ4n) is 1.47. The minimum Gasteiger partial charge on any atom is -0.306 e. The number of halogens is 1. The molecule has 0 saturated carbocycles. The van der Waals surface area contributed by atoms with Crippen molar-refractivity contribution in [3.63, 3.8) is 0 Å². The Morgan fingerprint density at radius 1 is 1.38 bits per heavy atom. The Kier molecular flexibility index (Phi) is 5.12. The molecule has 16 heavy (non-hydrogen) atoms. The summed E-state index contributed by atoms with van der Waals surface area (Å²) in [5, 5.41) is 0. The number of nitrogens with zero attached hydrogens (tertiary/aromatic N) is 1. The molecule has 0 unspecified atom stereocenters. The van der Waals surface area contributed by atoms with Crippen molar-refractivity contribution >= 4 is 5.78 Å². The molecule has 2 nitrogen and oxygen atoms in total. The molecular weight excluding hydrogens is 205 g/mol. The third-order valence-electron chi connectivity index (χ3n) is 2.52. The van der Waals surface area contributed by atoms with E-state index in [4.69, 9.17) is 0 Å². The summed E-state index contributed by atoms with van der Waals surface area (Å²) in [7, 11) is 1.97. The van der Waals surface area contributed by atoms with Crippen LogP contribution in [0.15, 0.2) is 24.3 Å². The third kappa shape index (κ3) is 5.03. The molecule has 0 fully saturated rings. The minimum absolute atomic E-state index is 0.191. The number of hydrogen-bond donors (Lipinski definition) is 0. The first kappa shape index (κ1) is 12.8. The molecule has 0 aliphatic rings. The van der Waals surface area contributed by atoms with Crippen LogP contribution in [0.1, 0.15) is 18.9 Å². The van der Waals surface area contributed by atoms with Crippen molar-refractivity contribution in [2.24, 2.45) is 0 Å². The smallest absolute Gasteiger partial charge is 0.131 e. The van der Waals surface area contributed by atoms with E-state index in [-0.39, 0.29) is 11.6 Å². The van der Waals surface area contributed by atoms with Crippen LogP contribution in [0.4, 0.5) is 4.39 Å². The van der Waals surface area contributed by atoms with Gasteiger partial charge in [0.1, 0.15) is 11.6 Å². The van der Waals surface area contributed by atoms with E-state index < -0.39 is 0 Å². The summed E-state index contributed by atoms with van der Waals surface area (Å²) >= 11 is 0. The molecule has 0 N–H and O–H groups in total. The first-order chi connectivity index (χ1) is 7.58. The van der Waals surface area contributed by atoms with E-state index in [1.165, 1.54) is 6.07 Å². The van der Waals surface area contributed by atoms with E-state index in [9.17, 15) is 9.18 Å². The molecule has 0 aliphatic carbocycles. The fourth-order valence-corrected chi connectivity index (χ4v) is 1.47. The van der Waals surface area contributed by atoms with Crippen molar-refractivity contribution in [1.29, 1.82) is 0 Å². The maximum atomic E-state index is 12.9. The summed E-state index contributed by atoms with van der Waals surface area (Å²) in [6.45, 7) is 3.21. The number of ketones is 1. The van der Waals surface area contributed by atoms with Crippen molar-refractivity contribution in [2.75, 3.05) is 20.1 Å². The molecule has 1 rings (SSSR count). The van der Waals surface area contributed by atoms with Gasteiger partial charge in [-0.1, -0.05) is 12.1 Å². The molecule has 0 atom stereocenters.